The molecule has 2 aromatic carbocycles. The summed E-state index contributed by atoms with van der Waals surface area (Å²) in [6.07, 6.45) is 0.800. The van der Waals surface area contributed by atoms with Crippen LogP contribution in [0.3, 0.4) is 0 Å². The van der Waals surface area contributed by atoms with Crippen LogP contribution < -0.4 is 10.5 Å². The molecule has 0 saturated heterocycles. The number of benzene rings is 2. The number of rotatable bonds is 4. The van der Waals surface area contributed by atoms with Gasteiger partial charge in [0, 0.05) is 10.5 Å². The Balaban J connectivity index is 2.33. The Bertz CT molecular complexity index is 566. The molecular formula is C16H18BrNO. The summed E-state index contributed by atoms with van der Waals surface area (Å²) in [5.41, 5.74) is 8.13. The van der Waals surface area contributed by atoms with Gasteiger partial charge < -0.3 is 10.5 Å². The lowest BCUT2D eigenvalue weighted by molar-refractivity contribution is 0.470. The fraction of sp³-hybridized carbons (Fsp3) is 0.250. The van der Waals surface area contributed by atoms with Crippen molar-refractivity contribution < 1.29 is 4.74 Å². The van der Waals surface area contributed by atoms with Crippen molar-refractivity contribution in [1.82, 2.24) is 0 Å². The Morgan fingerprint density at radius 1 is 1.16 bits per heavy atom. The molecule has 0 radical (unpaired) electrons. The zero-order valence-electron chi connectivity index (χ0n) is 11.2. The van der Waals surface area contributed by atoms with E-state index in [0.29, 0.717) is 0 Å². The monoisotopic (exact) mass is 319 g/mol. The summed E-state index contributed by atoms with van der Waals surface area (Å²) < 4.78 is 7.04. The maximum absolute atomic E-state index is 6.04. The number of hydrogen-bond acceptors (Lipinski definition) is 2. The van der Waals surface area contributed by atoms with Gasteiger partial charge in [0.05, 0.1) is 0 Å². The van der Waals surface area contributed by atoms with Gasteiger partial charge in [-0.05, 0) is 49.6 Å². The number of ether oxygens (including phenoxy) is 1. The quantitative estimate of drug-likeness (QED) is 0.904. The summed E-state index contributed by atoms with van der Waals surface area (Å²) in [6.45, 7) is 4.04. The number of hydrogen-bond donors (Lipinski definition) is 1. The van der Waals surface area contributed by atoms with Crippen LogP contribution in [0.4, 0.5) is 0 Å². The van der Waals surface area contributed by atoms with Gasteiger partial charge in [0.15, 0.2) is 0 Å². The first-order valence-corrected chi connectivity index (χ1v) is 7.13. The molecule has 100 valence electrons. The smallest absolute Gasteiger partial charge is 0.131 e. The van der Waals surface area contributed by atoms with Gasteiger partial charge >= 0.3 is 0 Å². The molecule has 0 fully saturated rings. The summed E-state index contributed by atoms with van der Waals surface area (Å²) in [6, 6.07) is 14.2. The van der Waals surface area contributed by atoms with Gasteiger partial charge in [-0.3, -0.25) is 0 Å². The number of nitrogens with two attached hydrogens (primary N) is 1. The molecule has 0 aromatic heterocycles. The largest absolute Gasteiger partial charge is 0.457 e. The van der Waals surface area contributed by atoms with Crippen LogP contribution in [0.25, 0.3) is 0 Å². The van der Waals surface area contributed by atoms with Crippen molar-refractivity contribution in [2.45, 2.75) is 26.3 Å². The molecule has 0 amide bonds. The third-order valence-corrected chi connectivity index (χ3v) is 3.38. The summed E-state index contributed by atoms with van der Waals surface area (Å²) in [5.74, 6) is 1.74. The molecule has 0 spiro atoms. The van der Waals surface area contributed by atoms with Crippen molar-refractivity contribution in [3.63, 3.8) is 0 Å². The first kappa shape index (κ1) is 14.1. The maximum atomic E-state index is 6.04. The minimum atomic E-state index is 0.111. The molecular weight excluding hydrogens is 302 g/mol. The van der Waals surface area contributed by atoms with Gasteiger partial charge in [-0.1, -0.05) is 40.2 Å². The zero-order chi connectivity index (χ0) is 13.8. The van der Waals surface area contributed by atoms with Crippen LogP contribution in [0.1, 0.15) is 18.1 Å². The Labute approximate surface area is 122 Å². The summed E-state index contributed by atoms with van der Waals surface area (Å²) in [7, 11) is 0. The minimum Gasteiger partial charge on any atom is -0.457 e. The molecule has 0 aliphatic heterocycles. The predicted molar refractivity (Wildman–Crippen MR) is 82.7 cm³/mol. The molecule has 1 unspecified atom stereocenters. The Hall–Kier alpha value is -1.32. The van der Waals surface area contributed by atoms with Gasteiger partial charge in [0.2, 0.25) is 0 Å². The van der Waals surface area contributed by atoms with E-state index in [4.69, 9.17) is 10.5 Å². The number of halogens is 1. The second-order valence-electron chi connectivity index (χ2n) is 4.80. The third kappa shape index (κ3) is 3.82. The van der Waals surface area contributed by atoms with Crippen molar-refractivity contribution in [2.75, 3.05) is 0 Å². The van der Waals surface area contributed by atoms with Crippen LogP contribution in [0, 0.1) is 6.92 Å². The summed E-state index contributed by atoms with van der Waals surface area (Å²) >= 11 is 3.48. The summed E-state index contributed by atoms with van der Waals surface area (Å²) in [4.78, 5) is 0. The highest BCUT2D eigenvalue weighted by Gasteiger charge is 2.09. The van der Waals surface area contributed by atoms with Crippen LogP contribution >= 0.6 is 15.9 Å². The fourth-order valence-electron chi connectivity index (χ4n) is 1.93. The SMILES string of the molecule is Cc1ccccc1Oc1cc(Br)ccc1CC(C)N. The molecule has 0 aliphatic rings. The Kier molecular flexibility index (Phi) is 4.61. The van der Waals surface area contributed by atoms with Gasteiger partial charge in [-0.15, -0.1) is 0 Å². The molecule has 3 heteroatoms. The van der Waals surface area contributed by atoms with E-state index in [1.165, 1.54) is 0 Å². The molecule has 19 heavy (non-hydrogen) atoms. The van der Waals surface area contributed by atoms with E-state index in [1.54, 1.807) is 0 Å². The van der Waals surface area contributed by atoms with E-state index < -0.39 is 0 Å². The Morgan fingerprint density at radius 3 is 2.58 bits per heavy atom. The van der Waals surface area contributed by atoms with Crippen LogP contribution in [0.15, 0.2) is 46.9 Å². The molecule has 2 rings (SSSR count). The lowest BCUT2D eigenvalue weighted by Gasteiger charge is -2.14. The molecule has 0 saturated carbocycles. The second-order valence-corrected chi connectivity index (χ2v) is 5.72. The van der Waals surface area contributed by atoms with E-state index in [9.17, 15) is 0 Å². The van der Waals surface area contributed by atoms with Gasteiger partial charge in [0.25, 0.3) is 0 Å². The van der Waals surface area contributed by atoms with E-state index in [-0.39, 0.29) is 6.04 Å². The second kappa shape index (κ2) is 6.22. The van der Waals surface area contributed by atoms with Crippen LogP contribution in [0.2, 0.25) is 0 Å². The third-order valence-electron chi connectivity index (χ3n) is 2.88. The van der Waals surface area contributed by atoms with Crippen LogP contribution in [0.5, 0.6) is 11.5 Å². The summed E-state index contributed by atoms with van der Waals surface area (Å²) in [5, 5.41) is 0. The highest BCUT2D eigenvalue weighted by molar-refractivity contribution is 9.10. The van der Waals surface area contributed by atoms with E-state index in [1.807, 2.05) is 50.2 Å². The number of aryl methyl sites for hydroxylation is 1. The highest BCUT2D eigenvalue weighted by atomic mass is 79.9. The standard InChI is InChI=1S/C16H18BrNO/c1-11-5-3-4-6-15(11)19-16-10-14(17)8-7-13(16)9-12(2)18/h3-8,10,12H,9,18H2,1-2H3. The minimum absolute atomic E-state index is 0.111. The highest BCUT2D eigenvalue weighted by Crippen LogP contribution is 2.30. The van der Waals surface area contributed by atoms with Crippen molar-refractivity contribution in [1.29, 1.82) is 0 Å². The van der Waals surface area contributed by atoms with Crippen LogP contribution in [-0.4, -0.2) is 6.04 Å². The lowest BCUT2D eigenvalue weighted by atomic mass is 10.1. The molecule has 2 nitrogen and oxygen atoms in total. The molecule has 0 aliphatic carbocycles. The molecule has 2 N–H and O–H groups in total. The first-order chi connectivity index (χ1) is 9.06. The van der Waals surface area contributed by atoms with Gasteiger partial charge in [-0.2, -0.15) is 0 Å². The van der Waals surface area contributed by atoms with Crippen molar-refractivity contribution in [2.24, 2.45) is 5.73 Å². The first-order valence-electron chi connectivity index (χ1n) is 6.34. The molecule has 2 aromatic rings. The Morgan fingerprint density at radius 2 is 1.89 bits per heavy atom. The van der Waals surface area contributed by atoms with E-state index in [2.05, 4.69) is 22.0 Å². The molecule has 1 atom stereocenters. The van der Waals surface area contributed by atoms with E-state index in [0.717, 1.165) is 33.5 Å². The normalized spacial score (nSPS) is 12.2. The number of para-hydroxylation sites is 1. The fourth-order valence-corrected chi connectivity index (χ4v) is 2.27. The maximum Gasteiger partial charge on any atom is 0.131 e. The average molecular weight is 320 g/mol. The topological polar surface area (TPSA) is 35.2 Å². The van der Waals surface area contributed by atoms with Crippen molar-refractivity contribution >= 4 is 15.9 Å². The van der Waals surface area contributed by atoms with Crippen molar-refractivity contribution in [3.8, 4) is 11.5 Å². The van der Waals surface area contributed by atoms with Crippen molar-refractivity contribution in [3.05, 3.63) is 58.1 Å². The van der Waals surface area contributed by atoms with Crippen LogP contribution in [-0.2, 0) is 6.42 Å². The zero-order valence-corrected chi connectivity index (χ0v) is 12.8. The lowest BCUT2D eigenvalue weighted by Crippen LogP contribution is -2.18. The predicted octanol–water partition coefficient (Wildman–Crippen LogP) is 4.44. The van der Waals surface area contributed by atoms with Gasteiger partial charge in [0.1, 0.15) is 11.5 Å². The molecule has 0 bridgehead atoms. The average Bonchev–Trinajstić information content (AvgIpc) is 2.35. The molecule has 0 heterocycles. The van der Waals surface area contributed by atoms with E-state index >= 15 is 0 Å². The van der Waals surface area contributed by atoms with Gasteiger partial charge in [-0.25, -0.2) is 0 Å².